The number of allylic oxidation sites excluding steroid dienone is 1. The van der Waals surface area contributed by atoms with Crippen molar-refractivity contribution >= 4 is 28.8 Å². The number of hydrogen-bond acceptors (Lipinski definition) is 5. The van der Waals surface area contributed by atoms with Gasteiger partial charge < -0.3 is 25.2 Å². The van der Waals surface area contributed by atoms with Crippen molar-refractivity contribution < 1.29 is 24.2 Å². The molecular formula is C21H22N2O5. The highest BCUT2D eigenvalue weighted by Crippen LogP contribution is 2.42. The van der Waals surface area contributed by atoms with Crippen molar-refractivity contribution in [3.8, 4) is 11.5 Å². The Bertz CT molecular complexity index is 948. The van der Waals surface area contributed by atoms with Gasteiger partial charge in [-0.05, 0) is 30.2 Å². The van der Waals surface area contributed by atoms with Crippen molar-refractivity contribution in [3.05, 3.63) is 53.2 Å². The van der Waals surface area contributed by atoms with Crippen LogP contribution in [0, 0.1) is 0 Å². The Labute approximate surface area is 163 Å². The first kappa shape index (κ1) is 19.3. The van der Waals surface area contributed by atoms with Crippen molar-refractivity contribution in [2.75, 3.05) is 24.9 Å². The van der Waals surface area contributed by atoms with Crippen LogP contribution in [0.15, 0.2) is 42.1 Å². The first-order valence-corrected chi connectivity index (χ1v) is 8.85. The van der Waals surface area contributed by atoms with Gasteiger partial charge >= 0.3 is 5.97 Å². The second-order valence-corrected chi connectivity index (χ2v) is 6.31. The highest BCUT2D eigenvalue weighted by molar-refractivity contribution is 6.32. The summed E-state index contributed by atoms with van der Waals surface area (Å²) < 4.78 is 10.7. The molecular weight excluding hydrogens is 360 g/mol. The predicted molar refractivity (Wildman–Crippen MR) is 107 cm³/mol. The molecule has 0 fully saturated rings. The second kappa shape index (κ2) is 8.04. The number of ether oxygens (including phenoxy) is 2. The Morgan fingerprint density at radius 1 is 1.11 bits per heavy atom. The maximum atomic E-state index is 12.6. The Hall–Kier alpha value is -3.48. The van der Waals surface area contributed by atoms with Crippen LogP contribution in [0.1, 0.15) is 24.5 Å². The van der Waals surface area contributed by atoms with Crippen LogP contribution in [0.25, 0.3) is 5.57 Å². The first-order valence-electron chi connectivity index (χ1n) is 8.85. The average Bonchev–Trinajstić information content (AvgIpc) is 3.00. The van der Waals surface area contributed by atoms with E-state index in [1.165, 1.54) is 0 Å². The van der Waals surface area contributed by atoms with E-state index >= 15 is 0 Å². The molecule has 1 heterocycles. The van der Waals surface area contributed by atoms with E-state index in [1.54, 1.807) is 50.6 Å². The number of benzene rings is 2. The first-order chi connectivity index (χ1) is 13.5. The number of anilines is 2. The zero-order chi connectivity index (χ0) is 20.3. The summed E-state index contributed by atoms with van der Waals surface area (Å²) in [6, 6.07) is 10.6. The lowest BCUT2D eigenvalue weighted by molar-refractivity contribution is -0.136. The fourth-order valence-electron chi connectivity index (χ4n) is 3.18. The molecule has 1 aliphatic heterocycles. The molecule has 1 aliphatic rings. The zero-order valence-corrected chi connectivity index (χ0v) is 16.0. The van der Waals surface area contributed by atoms with E-state index in [1.807, 2.05) is 6.92 Å². The molecule has 0 atom stereocenters. The molecule has 0 aromatic heterocycles. The molecule has 0 spiro atoms. The van der Waals surface area contributed by atoms with Crippen LogP contribution >= 0.6 is 0 Å². The van der Waals surface area contributed by atoms with E-state index in [9.17, 15) is 9.59 Å². The van der Waals surface area contributed by atoms with Crippen LogP contribution < -0.4 is 20.1 Å². The van der Waals surface area contributed by atoms with Gasteiger partial charge in [-0.15, -0.1) is 0 Å². The summed E-state index contributed by atoms with van der Waals surface area (Å²) in [7, 11) is 3.10. The molecule has 0 saturated heterocycles. The van der Waals surface area contributed by atoms with Crippen molar-refractivity contribution in [1.82, 2.24) is 0 Å². The van der Waals surface area contributed by atoms with Gasteiger partial charge in [0.2, 0.25) is 0 Å². The monoisotopic (exact) mass is 382 g/mol. The van der Waals surface area contributed by atoms with Gasteiger partial charge in [0, 0.05) is 23.0 Å². The normalized spacial score (nSPS) is 14.2. The van der Waals surface area contributed by atoms with Gasteiger partial charge in [-0.3, -0.25) is 9.59 Å². The number of carboxylic acids is 1. The predicted octanol–water partition coefficient (Wildman–Crippen LogP) is 3.52. The molecule has 28 heavy (non-hydrogen) atoms. The Kier molecular flexibility index (Phi) is 5.54. The van der Waals surface area contributed by atoms with Gasteiger partial charge in [0.05, 0.1) is 31.9 Å². The Morgan fingerprint density at radius 3 is 2.32 bits per heavy atom. The van der Waals surface area contributed by atoms with Crippen molar-refractivity contribution in [3.63, 3.8) is 0 Å². The second-order valence-electron chi connectivity index (χ2n) is 6.31. The molecule has 146 valence electrons. The Morgan fingerprint density at radius 2 is 1.75 bits per heavy atom. The van der Waals surface area contributed by atoms with E-state index < -0.39 is 5.97 Å². The topological polar surface area (TPSA) is 96.9 Å². The summed E-state index contributed by atoms with van der Waals surface area (Å²) in [5.41, 5.74) is 4.21. The molecule has 0 bridgehead atoms. The van der Waals surface area contributed by atoms with Crippen LogP contribution in [0.4, 0.5) is 11.4 Å². The smallest absolute Gasteiger partial charge is 0.307 e. The molecule has 0 saturated carbocycles. The lowest BCUT2D eigenvalue weighted by Crippen LogP contribution is -2.10. The van der Waals surface area contributed by atoms with Crippen molar-refractivity contribution in [2.45, 2.75) is 19.8 Å². The number of methoxy groups -OCH3 is 2. The minimum atomic E-state index is -0.874. The molecule has 0 radical (unpaired) electrons. The number of hydrogen-bond donors (Lipinski definition) is 3. The standard InChI is InChI=1S/C21H22N2O5/c1-4-15(22-13-7-5-12(6-8-13)9-19(24)25)20-14-10-17(27-2)18(28-3)11-16(14)23-21(20)26/h5-8,10-11,22H,4,9H2,1-3H3,(H,23,26)(H,24,25)/b20-15-. The van der Waals surface area contributed by atoms with Gasteiger partial charge in [-0.2, -0.15) is 0 Å². The summed E-state index contributed by atoms with van der Waals surface area (Å²) >= 11 is 0. The summed E-state index contributed by atoms with van der Waals surface area (Å²) in [6.45, 7) is 1.96. The van der Waals surface area contributed by atoms with Crippen molar-refractivity contribution in [1.29, 1.82) is 0 Å². The van der Waals surface area contributed by atoms with E-state index in [-0.39, 0.29) is 12.3 Å². The summed E-state index contributed by atoms with van der Waals surface area (Å²) in [5.74, 6) is 0.0180. The molecule has 7 heteroatoms. The molecule has 3 N–H and O–H groups in total. The molecule has 0 aliphatic carbocycles. The number of rotatable bonds is 7. The lowest BCUT2D eigenvalue weighted by atomic mass is 10.0. The molecule has 7 nitrogen and oxygen atoms in total. The largest absolute Gasteiger partial charge is 0.493 e. The maximum Gasteiger partial charge on any atom is 0.307 e. The molecule has 2 aromatic rings. The number of nitrogens with one attached hydrogen (secondary N) is 2. The third-order valence-electron chi connectivity index (χ3n) is 4.53. The van der Waals surface area contributed by atoms with E-state index in [0.717, 1.165) is 16.9 Å². The van der Waals surface area contributed by atoms with Crippen LogP contribution in [0.2, 0.25) is 0 Å². The molecule has 0 unspecified atom stereocenters. The minimum absolute atomic E-state index is 0.0284. The highest BCUT2D eigenvalue weighted by atomic mass is 16.5. The zero-order valence-electron chi connectivity index (χ0n) is 16.0. The summed E-state index contributed by atoms with van der Waals surface area (Å²) in [6.07, 6.45) is 0.576. The van der Waals surface area contributed by atoms with Crippen LogP contribution in [0.3, 0.4) is 0 Å². The van der Waals surface area contributed by atoms with Gasteiger partial charge in [0.15, 0.2) is 11.5 Å². The fourth-order valence-corrected chi connectivity index (χ4v) is 3.18. The number of amides is 1. The Balaban J connectivity index is 1.97. The quantitative estimate of drug-likeness (QED) is 0.634. The van der Waals surface area contributed by atoms with Gasteiger partial charge in [0.1, 0.15) is 0 Å². The third-order valence-corrected chi connectivity index (χ3v) is 4.53. The van der Waals surface area contributed by atoms with E-state index in [2.05, 4.69) is 10.6 Å². The summed E-state index contributed by atoms with van der Waals surface area (Å²) in [4.78, 5) is 23.5. The van der Waals surface area contributed by atoms with Crippen LogP contribution in [-0.4, -0.2) is 31.2 Å². The number of carbonyl (C=O) groups is 2. The number of fused-ring (bicyclic) bond motifs is 1. The number of aliphatic carboxylic acids is 1. The average molecular weight is 382 g/mol. The van der Waals surface area contributed by atoms with Gasteiger partial charge in [-0.1, -0.05) is 19.1 Å². The van der Waals surface area contributed by atoms with E-state index in [4.69, 9.17) is 14.6 Å². The fraction of sp³-hybridized carbons (Fsp3) is 0.238. The molecule has 3 rings (SSSR count). The number of carbonyl (C=O) groups excluding carboxylic acids is 1. The molecule has 1 amide bonds. The van der Waals surface area contributed by atoms with Crippen LogP contribution in [0.5, 0.6) is 11.5 Å². The number of carboxylic acid groups (broad SMARTS) is 1. The van der Waals surface area contributed by atoms with Gasteiger partial charge in [-0.25, -0.2) is 0 Å². The lowest BCUT2D eigenvalue weighted by Gasteiger charge is -2.14. The van der Waals surface area contributed by atoms with Gasteiger partial charge in [0.25, 0.3) is 5.91 Å². The summed E-state index contributed by atoms with van der Waals surface area (Å²) in [5, 5.41) is 15.0. The highest BCUT2D eigenvalue weighted by Gasteiger charge is 2.29. The molecule has 2 aromatic carbocycles. The third kappa shape index (κ3) is 3.78. The van der Waals surface area contributed by atoms with E-state index in [0.29, 0.717) is 34.7 Å². The van der Waals surface area contributed by atoms with Crippen LogP contribution in [-0.2, 0) is 16.0 Å². The SMILES string of the molecule is CC/C(Nc1ccc(CC(=O)O)cc1)=C1/C(=O)Nc2cc(OC)c(OC)cc21. The maximum absolute atomic E-state index is 12.6. The van der Waals surface area contributed by atoms with Crippen molar-refractivity contribution in [2.24, 2.45) is 0 Å². The minimum Gasteiger partial charge on any atom is -0.493 e.